The third-order valence-corrected chi connectivity index (χ3v) is 5.98. The van der Waals surface area contributed by atoms with E-state index in [0.29, 0.717) is 34.8 Å². The Kier molecular flexibility index (Phi) is 5.92. The van der Waals surface area contributed by atoms with Gasteiger partial charge in [-0.2, -0.15) is 0 Å². The van der Waals surface area contributed by atoms with E-state index in [0.717, 1.165) is 0 Å². The quantitative estimate of drug-likeness (QED) is 0.683. The van der Waals surface area contributed by atoms with Gasteiger partial charge in [-0.25, -0.2) is 0 Å². The van der Waals surface area contributed by atoms with Crippen LogP contribution in [0.3, 0.4) is 0 Å². The summed E-state index contributed by atoms with van der Waals surface area (Å²) in [6.45, 7) is 0.405. The lowest BCUT2D eigenvalue weighted by atomic mass is 10.1. The zero-order chi connectivity index (χ0) is 24.0. The Morgan fingerprint density at radius 3 is 2.48 bits per heavy atom. The van der Waals surface area contributed by atoms with E-state index in [-0.39, 0.29) is 30.7 Å². The van der Waals surface area contributed by atoms with Crippen molar-refractivity contribution in [3.63, 3.8) is 0 Å². The van der Waals surface area contributed by atoms with Crippen LogP contribution in [0.25, 0.3) is 0 Å². The standard InChI is InChI=1S/C22H22ClF3N4O3/c1-29-18-10-14(23)4-7-17(18)30(11-13-2-5-15(6-3-13)33-22(24,25)26)12-16(19(29)31)28-20(32)21(27)8-9-21/h2-7,10,16H,8-9,11-12,27H2,1H3,(H,28,32). The molecule has 0 bridgehead atoms. The molecule has 0 spiro atoms. The zero-order valence-corrected chi connectivity index (χ0v) is 18.4. The number of halogens is 4. The number of anilines is 2. The van der Waals surface area contributed by atoms with Crippen molar-refractivity contribution in [2.75, 3.05) is 23.4 Å². The Bertz CT molecular complexity index is 1070. The van der Waals surface area contributed by atoms with Crippen molar-refractivity contribution in [3.05, 3.63) is 53.1 Å². The summed E-state index contributed by atoms with van der Waals surface area (Å²) in [7, 11) is 1.60. The van der Waals surface area contributed by atoms with Crippen LogP contribution in [-0.2, 0) is 16.1 Å². The SMILES string of the molecule is CN1C(=O)C(NC(=O)C2(N)CC2)CN(Cc2ccc(OC(F)(F)F)cc2)c2ccc(Cl)cc21. The number of fused-ring (bicyclic) bond motifs is 1. The van der Waals surface area contributed by atoms with Crippen molar-refractivity contribution in [3.8, 4) is 5.75 Å². The highest BCUT2D eigenvalue weighted by Crippen LogP contribution is 2.36. The highest BCUT2D eigenvalue weighted by atomic mass is 35.5. The molecule has 3 N–H and O–H groups in total. The molecule has 4 rings (SSSR count). The summed E-state index contributed by atoms with van der Waals surface area (Å²) in [5.41, 5.74) is 6.97. The molecule has 1 aliphatic heterocycles. The van der Waals surface area contributed by atoms with E-state index in [1.807, 2.05) is 4.90 Å². The van der Waals surface area contributed by atoms with Crippen LogP contribution >= 0.6 is 11.6 Å². The summed E-state index contributed by atoms with van der Waals surface area (Å²) in [5.74, 6) is -1.04. The Morgan fingerprint density at radius 1 is 1.21 bits per heavy atom. The summed E-state index contributed by atoms with van der Waals surface area (Å²) in [4.78, 5) is 29.0. The molecule has 1 unspecified atom stereocenters. The molecule has 2 aromatic carbocycles. The first kappa shape index (κ1) is 23.2. The monoisotopic (exact) mass is 482 g/mol. The van der Waals surface area contributed by atoms with Crippen molar-refractivity contribution in [1.82, 2.24) is 5.32 Å². The topological polar surface area (TPSA) is 87.9 Å². The predicted octanol–water partition coefficient (Wildman–Crippen LogP) is 3.20. The third-order valence-electron chi connectivity index (χ3n) is 5.75. The van der Waals surface area contributed by atoms with E-state index in [9.17, 15) is 22.8 Å². The van der Waals surface area contributed by atoms with E-state index >= 15 is 0 Å². The fourth-order valence-electron chi connectivity index (χ4n) is 3.72. The van der Waals surface area contributed by atoms with Crippen LogP contribution in [-0.4, -0.2) is 43.3 Å². The average Bonchev–Trinajstić information content (AvgIpc) is 3.51. The maximum atomic E-state index is 13.2. The van der Waals surface area contributed by atoms with Gasteiger partial charge in [0.2, 0.25) is 5.91 Å². The molecule has 0 aromatic heterocycles. The number of alkyl halides is 3. The van der Waals surface area contributed by atoms with E-state index < -0.39 is 17.9 Å². The Hall–Kier alpha value is -2.98. The number of nitrogens with zero attached hydrogens (tertiary/aromatic N) is 2. The fourth-order valence-corrected chi connectivity index (χ4v) is 3.89. The van der Waals surface area contributed by atoms with Crippen LogP contribution in [0.1, 0.15) is 18.4 Å². The lowest BCUT2D eigenvalue weighted by Gasteiger charge is -2.27. The van der Waals surface area contributed by atoms with Crippen molar-refractivity contribution in [2.24, 2.45) is 5.73 Å². The number of benzene rings is 2. The number of nitrogens with one attached hydrogen (secondary N) is 1. The van der Waals surface area contributed by atoms with E-state index in [2.05, 4.69) is 10.1 Å². The largest absolute Gasteiger partial charge is 0.573 e. The van der Waals surface area contributed by atoms with Gasteiger partial charge in [0.1, 0.15) is 11.8 Å². The number of hydrogen-bond acceptors (Lipinski definition) is 5. The summed E-state index contributed by atoms with van der Waals surface area (Å²) >= 11 is 6.16. The summed E-state index contributed by atoms with van der Waals surface area (Å²) in [6.07, 6.45) is -3.66. The van der Waals surface area contributed by atoms with Crippen molar-refractivity contribution in [1.29, 1.82) is 0 Å². The van der Waals surface area contributed by atoms with E-state index in [1.54, 1.807) is 25.2 Å². The van der Waals surface area contributed by atoms with Crippen molar-refractivity contribution < 1.29 is 27.5 Å². The van der Waals surface area contributed by atoms with Gasteiger partial charge in [0.15, 0.2) is 0 Å². The van der Waals surface area contributed by atoms with Crippen LogP contribution in [0.2, 0.25) is 5.02 Å². The van der Waals surface area contributed by atoms with E-state index in [4.69, 9.17) is 17.3 Å². The molecule has 7 nitrogen and oxygen atoms in total. The minimum atomic E-state index is -4.78. The number of hydrogen-bond donors (Lipinski definition) is 2. The molecular weight excluding hydrogens is 461 g/mol. The molecule has 2 aromatic rings. The molecule has 33 heavy (non-hydrogen) atoms. The number of amides is 2. The van der Waals surface area contributed by atoms with Crippen molar-refractivity contribution in [2.45, 2.75) is 37.3 Å². The number of likely N-dealkylation sites (N-methyl/N-ethyl adjacent to an activating group) is 1. The molecule has 1 aliphatic carbocycles. The Morgan fingerprint density at radius 2 is 1.88 bits per heavy atom. The Labute approximate surface area is 193 Å². The molecule has 0 saturated heterocycles. The molecule has 2 aliphatic rings. The van der Waals surface area contributed by atoms with Gasteiger partial charge in [-0.15, -0.1) is 13.2 Å². The van der Waals surface area contributed by atoms with Crippen LogP contribution in [0, 0.1) is 0 Å². The van der Waals surface area contributed by atoms with Gasteiger partial charge in [0.05, 0.1) is 16.9 Å². The summed E-state index contributed by atoms with van der Waals surface area (Å²) in [6, 6.07) is 9.71. The second-order valence-electron chi connectivity index (χ2n) is 8.28. The number of carbonyl (C=O) groups excluding carboxylic acids is 2. The first-order valence-corrected chi connectivity index (χ1v) is 10.6. The van der Waals surface area contributed by atoms with Gasteiger partial charge in [0.25, 0.3) is 5.91 Å². The molecule has 2 amide bonds. The highest BCUT2D eigenvalue weighted by Gasteiger charge is 2.47. The number of ether oxygens (including phenoxy) is 1. The average molecular weight is 483 g/mol. The molecular formula is C22H22ClF3N4O3. The first-order valence-electron chi connectivity index (χ1n) is 10.2. The number of rotatable bonds is 5. The predicted molar refractivity (Wildman–Crippen MR) is 117 cm³/mol. The molecule has 1 heterocycles. The maximum Gasteiger partial charge on any atom is 0.573 e. The highest BCUT2D eigenvalue weighted by molar-refractivity contribution is 6.31. The molecule has 1 saturated carbocycles. The minimum absolute atomic E-state index is 0.139. The lowest BCUT2D eigenvalue weighted by Crippen LogP contribution is -2.55. The fraction of sp³-hybridized carbons (Fsp3) is 0.364. The lowest BCUT2D eigenvalue weighted by molar-refractivity contribution is -0.274. The normalized spacial score (nSPS) is 19.6. The molecule has 0 radical (unpaired) electrons. The van der Waals surface area contributed by atoms with E-state index in [1.165, 1.54) is 29.2 Å². The molecule has 1 atom stereocenters. The van der Waals surface area contributed by atoms with Crippen LogP contribution in [0.4, 0.5) is 24.5 Å². The van der Waals surface area contributed by atoms with Crippen molar-refractivity contribution >= 4 is 34.8 Å². The smallest absolute Gasteiger partial charge is 0.406 e. The van der Waals surface area contributed by atoms with Crippen LogP contribution < -0.4 is 25.6 Å². The van der Waals surface area contributed by atoms with Gasteiger partial charge < -0.3 is 25.6 Å². The number of carbonyl (C=O) groups is 2. The van der Waals surface area contributed by atoms with Crippen LogP contribution in [0.15, 0.2) is 42.5 Å². The van der Waals surface area contributed by atoms with Gasteiger partial charge in [0, 0.05) is 25.2 Å². The van der Waals surface area contributed by atoms with Gasteiger partial charge >= 0.3 is 6.36 Å². The molecule has 1 fully saturated rings. The minimum Gasteiger partial charge on any atom is -0.406 e. The van der Waals surface area contributed by atoms with Gasteiger partial charge in [-0.05, 0) is 48.7 Å². The second-order valence-corrected chi connectivity index (χ2v) is 8.72. The van der Waals surface area contributed by atoms with Gasteiger partial charge in [-0.1, -0.05) is 23.7 Å². The Balaban J connectivity index is 1.62. The van der Waals surface area contributed by atoms with Crippen LogP contribution in [0.5, 0.6) is 5.75 Å². The number of nitrogens with two attached hydrogens (primary N) is 1. The second kappa shape index (κ2) is 8.42. The summed E-state index contributed by atoms with van der Waals surface area (Å²) < 4.78 is 41.3. The zero-order valence-electron chi connectivity index (χ0n) is 17.7. The molecule has 11 heteroatoms. The van der Waals surface area contributed by atoms with Gasteiger partial charge in [-0.3, -0.25) is 9.59 Å². The summed E-state index contributed by atoms with van der Waals surface area (Å²) in [5, 5.41) is 3.20. The first-order chi connectivity index (χ1) is 15.4. The third kappa shape index (κ3) is 5.17. The maximum absolute atomic E-state index is 13.2. The molecule has 176 valence electrons.